The smallest absolute Gasteiger partial charge is 0.327 e. The van der Waals surface area contributed by atoms with Gasteiger partial charge in [0.1, 0.15) is 11.3 Å². The fourth-order valence-corrected chi connectivity index (χ4v) is 5.58. The van der Waals surface area contributed by atoms with Crippen molar-refractivity contribution in [2.45, 2.75) is 43.9 Å². The summed E-state index contributed by atoms with van der Waals surface area (Å²) in [5.74, 6) is 3.38. The Bertz CT molecular complexity index is 808. The van der Waals surface area contributed by atoms with Crippen molar-refractivity contribution in [3.05, 3.63) is 26.7 Å². The Labute approximate surface area is 120 Å². The van der Waals surface area contributed by atoms with E-state index in [1.807, 2.05) is 0 Å². The van der Waals surface area contributed by atoms with Crippen molar-refractivity contribution in [1.29, 1.82) is 0 Å². The molecular weight excluding hydrogens is 268 g/mol. The van der Waals surface area contributed by atoms with Crippen LogP contribution in [-0.4, -0.2) is 19.9 Å². The van der Waals surface area contributed by atoms with E-state index in [1.165, 1.54) is 38.5 Å². The van der Waals surface area contributed by atoms with E-state index in [2.05, 4.69) is 19.9 Å². The number of nitrogens with zero attached hydrogens (tertiary/aromatic N) is 1. The van der Waals surface area contributed by atoms with Crippen LogP contribution >= 0.6 is 0 Å². The molecule has 4 aliphatic rings. The molecule has 0 spiro atoms. The van der Waals surface area contributed by atoms with Crippen molar-refractivity contribution < 1.29 is 0 Å². The average Bonchev–Trinajstić information content (AvgIpc) is 2.82. The highest BCUT2D eigenvalue weighted by molar-refractivity contribution is 5.69. The second-order valence-electron chi connectivity index (χ2n) is 7.42. The summed E-state index contributed by atoms with van der Waals surface area (Å²) in [6.07, 6.45) is 7.66. The van der Waals surface area contributed by atoms with Crippen molar-refractivity contribution in [3.63, 3.8) is 0 Å². The van der Waals surface area contributed by atoms with Crippen LogP contribution in [0.4, 0.5) is 0 Å². The molecule has 6 rings (SSSR count). The van der Waals surface area contributed by atoms with Gasteiger partial charge < -0.3 is 4.98 Å². The van der Waals surface area contributed by atoms with Crippen LogP contribution in [-0.2, 0) is 5.41 Å². The molecule has 4 bridgehead atoms. The number of aromatic amines is 3. The van der Waals surface area contributed by atoms with E-state index >= 15 is 0 Å². The molecule has 4 saturated carbocycles. The Morgan fingerprint density at radius 3 is 2.14 bits per heavy atom. The highest BCUT2D eigenvalue weighted by atomic mass is 16.2. The molecule has 2 aromatic heterocycles. The number of imidazole rings is 1. The molecule has 3 N–H and O–H groups in total. The first-order valence-corrected chi connectivity index (χ1v) is 7.84. The first-order valence-electron chi connectivity index (χ1n) is 7.84. The number of nitrogens with one attached hydrogen (secondary N) is 3. The third-order valence-electron chi connectivity index (χ3n) is 5.93. The van der Waals surface area contributed by atoms with Crippen LogP contribution < -0.4 is 11.2 Å². The molecule has 4 fully saturated rings. The van der Waals surface area contributed by atoms with Crippen LogP contribution in [0.5, 0.6) is 0 Å². The lowest BCUT2D eigenvalue weighted by Gasteiger charge is -2.55. The van der Waals surface area contributed by atoms with Crippen molar-refractivity contribution in [3.8, 4) is 0 Å². The SMILES string of the molecule is O=c1[nH]c(=O)c2[nH]c(C34CC5CC(CC(C5)C3)C4)nc2[nH]1. The highest BCUT2D eigenvalue weighted by Gasteiger charge is 2.53. The van der Waals surface area contributed by atoms with Gasteiger partial charge in [0.25, 0.3) is 5.56 Å². The molecule has 2 aromatic rings. The molecule has 4 aliphatic carbocycles. The van der Waals surface area contributed by atoms with Gasteiger partial charge in [-0.25, -0.2) is 9.78 Å². The summed E-state index contributed by atoms with van der Waals surface area (Å²) in [5, 5.41) is 0. The number of rotatable bonds is 1. The minimum atomic E-state index is -0.490. The van der Waals surface area contributed by atoms with Crippen LogP contribution in [0.1, 0.15) is 44.3 Å². The van der Waals surface area contributed by atoms with Crippen LogP contribution in [0.15, 0.2) is 9.59 Å². The van der Waals surface area contributed by atoms with Crippen LogP contribution in [0.25, 0.3) is 11.2 Å². The van der Waals surface area contributed by atoms with E-state index in [9.17, 15) is 9.59 Å². The minimum Gasteiger partial charge on any atom is -0.336 e. The van der Waals surface area contributed by atoms with Crippen LogP contribution in [0, 0.1) is 17.8 Å². The standard InChI is InChI=1S/C15H18N4O2/c20-12-10-11(18-14(21)19-12)17-13(16-10)15-4-7-1-8(5-15)3-9(2-7)6-15/h7-9H,1-6H2,(H3,16,17,18,19,20,21). The van der Waals surface area contributed by atoms with Crippen LogP contribution in [0.3, 0.4) is 0 Å². The van der Waals surface area contributed by atoms with Crippen LogP contribution in [0.2, 0.25) is 0 Å². The van der Waals surface area contributed by atoms with Crippen molar-refractivity contribution in [2.24, 2.45) is 17.8 Å². The maximum Gasteiger partial charge on any atom is 0.327 e. The average molecular weight is 286 g/mol. The van der Waals surface area contributed by atoms with Gasteiger partial charge in [0.05, 0.1) is 0 Å². The lowest BCUT2D eigenvalue weighted by molar-refractivity contribution is -0.00888. The second-order valence-corrected chi connectivity index (χ2v) is 7.42. The second kappa shape index (κ2) is 3.67. The van der Waals surface area contributed by atoms with Gasteiger partial charge in [0, 0.05) is 5.41 Å². The van der Waals surface area contributed by atoms with Gasteiger partial charge in [-0.1, -0.05) is 0 Å². The third-order valence-corrected chi connectivity index (χ3v) is 5.93. The number of hydrogen-bond donors (Lipinski definition) is 3. The summed E-state index contributed by atoms with van der Waals surface area (Å²) >= 11 is 0. The van der Waals surface area contributed by atoms with Gasteiger partial charge in [0.2, 0.25) is 0 Å². The topological polar surface area (TPSA) is 94.4 Å². The summed E-state index contributed by atoms with van der Waals surface area (Å²) in [4.78, 5) is 36.0. The Morgan fingerprint density at radius 1 is 0.905 bits per heavy atom. The lowest BCUT2D eigenvalue weighted by Crippen LogP contribution is -2.49. The van der Waals surface area contributed by atoms with E-state index in [0.717, 1.165) is 23.6 Å². The van der Waals surface area contributed by atoms with E-state index in [1.54, 1.807) is 0 Å². The maximum absolute atomic E-state index is 11.9. The van der Waals surface area contributed by atoms with E-state index in [-0.39, 0.29) is 11.0 Å². The van der Waals surface area contributed by atoms with Crippen molar-refractivity contribution in [2.75, 3.05) is 0 Å². The zero-order chi connectivity index (χ0) is 14.2. The predicted octanol–water partition coefficient (Wildman–Crippen LogP) is 1.41. The first kappa shape index (κ1) is 11.8. The van der Waals surface area contributed by atoms with Gasteiger partial charge in [-0.15, -0.1) is 0 Å². The molecule has 110 valence electrons. The summed E-state index contributed by atoms with van der Waals surface area (Å²) in [5.41, 5.74) is 0.0417. The summed E-state index contributed by atoms with van der Waals surface area (Å²) in [6, 6.07) is 0. The summed E-state index contributed by atoms with van der Waals surface area (Å²) in [7, 11) is 0. The molecule has 0 unspecified atom stereocenters. The molecule has 6 heteroatoms. The number of H-pyrrole nitrogens is 3. The Hall–Kier alpha value is -1.85. The Balaban J connectivity index is 1.69. The number of fused-ring (bicyclic) bond motifs is 1. The third kappa shape index (κ3) is 1.56. The molecule has 2 heterocycles. The fraction of sp³-hybridized carbons (Fsp3) is 0.667. The lowest BCUT2D eigenvalue weighted by atomic mass is 9.49. The number of aromatic nitrogens is 4. The molecule has 0 atom stereocenters. The zero-order valence-electron chi connectivity index (χ0n) is 11.7. The monoisotopic (exact) mass is 286 g/mol. The van der Waals surface area contributed by atoms with Gasteiger partial charge >= 0.3 is 5.69 Å². The van der Waals surface area contributed by atoms with Gasteiger partial charge in [0.15, 0.2) is 5.65 Å². The maximum atomic E-state index is 11.9. The van der Waals surface area contributed by atoms with E-state index in [0.29, 0.717) is 11.2 Å². The molecule has 0 saturated heterocycles. The molecule has 0 amide bonds. The van der Waals surface area contributed by atoms with Gasteiger partial charge in [-0.05, 0) is 56.3 Å². The summed E-state index contributed by atoms with van der Waals surface area (Å²) in [6.45, 7) is 0. The molecule has 0 radical (unpaired) electrons. The highest BCUT2D eigenvalue weighted by Crippen LogP contribution is 2.60. The predicted molar refractivity (Wildman–Crippen MR) is 77.2 cm³/mol. The Morgan fingerprint density at radius 2 is 1.52 bits per heavy atom. The molecule has 21 heavy (non-hydrogen) atoms. The number of hydrogen-bond acceptors (Lipinski definition) is 3. The minimum absolute atomic E-state index is 0.108. The van der Waals surface area contributed by atoms with Gasteiger partial charge in [-0.3, -0.25) is 14.8 Å². The fourth-order valence-electron chi connectivity index (χ4n) is 5.58. The largest absolute Gasteiger partial charge is 0.336 e. The molecule has 0 aromatic carbocycles. The zero-order valence-corrected chi connectivity index (χ0v) is 11.7. The summed E-state index contributed by atoms with van der Waals surface area (Å²) < 4.78 is 0. The Kier molecular flexibility index (Phi) is 2.06. The normalized spacial score (nSPS) is 37.4. The van der Waals surface area contributed by atoms with E-state index in [4.69, 9.17) is 0 Å². The van der Waals surface area contributed by atoms with Crippen molar-refractivity contribution in [1.82, 2.24) is 19.9 Å². The molecule has 0 aliphatic heterocycles. The van der Waals surface area contributed by atoms with E-state index < -0.39 is 5.69 Å². The quantitative estimate of drug-likeness (QED) is 0.739. The van der Waals surface area contributed by atoms with Gasteiger partial charge in [-0.2, -0.15) is 0 Å². The molecule has 6 nitrogen and oxygen atoms in total. The molecular formula is C15H18N4O2. The van der Waals surface area contributed by atoms with Crippen molar-refractivity contribution >= 4 is 11.2 Å². The first-order chi connectivity index (χ1) is 10.1.